The molecule has 3 aliphatic heterocycles. The Morgan fingerprint density at radius 3 is 2.30 bits per heavy atom. The first-order chi connectivity index (χ1) is 21.4. The minimum absolute atomic E-state index is 0.0574. The molecule has 9 heteroatoms. The number of nitrogens with zero attached hydrogens (tertiary/aromatic N) is 5. The van der Waals surface area contributed by atoms with Crippen LogP contribution in [-0.2, 0) is 16.1 Å². The van der Waals surface area contributed by atoms with Crippen LogP contribution in [0.5, 0.6) is 5.75 Å². The second-order valence-corrected chi connectivity index (χ2v) is 13.0. The molecule has 9 nitrogen and oxygen atoms in total. The summed E-state index contributed by atoms with van der Waals surface area (Å²) in [5.41, 5.74) is 2.06. The highest BCUT2D eigenvalue weighted by atomic mass is 16.6. The lowest BCUT2D eigenvalue weighted by molar-refractivity contribution is -0.138. The fourth-order valence-electron chi connectivity index (χ4n) is 7.34. The van der Waals surface area contributed by atoms with Crippen LogP contribution < -0.4 is 4.74 Å². The van der Waals surface area contributed by atoms with Gasteiger partial charge in [0.2, 0.25) is 5.91 Å². The maximum Gasteiger partial charge on any atom is 0.410 e. The first-order valence-electron chi connectivity index (χ1n) is 16.1. The van der Waals surface area contributed by atoms with Gasteiger partial charge in [-0.15, -0.1) is 0 Å². The van der Waals surface area contributed by atoms with Crippen molar-refractivity contribution in [2.75, 3.05) is 39.3 Å². The van der Waals surface area contributed by atoms with Crippen LogP contribution in [0.15, 0.2) is 48.5 Å². The molecule has 2 amide bonds. The van der Waals surface area contributed by atoms with E-state index in [0.717, 1.165) is 71.0 Å². The average molecular weight is 596 g/mol. The Labute approximate surface area is 259 Å². The molecular weight excluding hydrogens is 554 g/mol. The Bertz CT molecular complexity index is 1410. The summed E-state index contributed by atoms with van der Waals surface area (Å²) in [7, 11) is 0. The summed E-state index contributed by atoms with van der Waals surface area (Å²) in [5, 5.41) is 18.1. The molecule has 4 fully saturated rings. The second-order valence-electron chi connectivity index (χ2n) is 13.0. The molecule has 2 aromatic rings. The fourth-order valence-corrected chi connectivity index (χ4v) is 7.34. The first kappa shape index (κ1) is 30.0. The molecule has 0 N–H and O–H groups in total. The van der Waals surface area contributed by atoms with E-state index in [1.54, 1.807) is 12.1 Å². The number of benzene rings is 2. The lowest BCUT2D eigenvalue weighted by atomic mass is 9.80. The van der Waals surface area contributed by atoms with Crippen molar-refractivity contribution < 1.29 is 19.1 Å². The normalized spacial score (nSPS) is 24.0. The largest absolute Gasteiger partial charge is 0.490 e. The zero-order valence-electron chi connectivity index (χ0n) is 25.3. The monoisotopic (exact) mass is 595 g/mol. The molecule has 230 valence electrons. The van der Waals surface area contributed by atoms with Gasteiger partial charge in [0.05, 0.1) is 29.8 Å². The lowest BCUT2D eigenvalue weighted by Gasteiger charge is -2.38. The summed E-state index contributed by atoms with van der Waals surface area (Å²) < 4.78 is 12.1. The van der Waals surface area contributed by atoms with Gasteiger partial charge in [-0.2, -0.15) is 10.5 Å². The van der Waals surface area contributed by atoms with E-state index in [0.29, 0.717) is 49.0 Å². The van der Waals surface area contributed by atoms with Gasteiger partial charge in [-0.1, -0.05) is 18.2 Å². The molecule has 3 heterocycles. The molecule has 0 bridgehead atoms. The van der Waals surface area contributed by atoms with E-state index in [1.807, 2.05) is 46.2 Å². The van der Waals surface area contributed by atoms with E-state index >= 15 is 0 Å². The van der Waals surface area contributed by atoms with Crippen molar-refractivity contribution in [3.8, 4) is 17.9 Å². The molecule has 3 saturated heterocycles. The van der Waals surface area contributed by atoms with Crippen LogP contribution in [0.1, 0.15) is 68.1 Å². The summed E-state index contributed by atoms with van der Waals surface area (Å²) in [5.74, 6) is 1.45. The van der Waals surface area contributed by atoms with Crippen LogP contribution >= 0.6 is 0 Å². The third-order valence-corrected chi connectivity index (χ3v) is 9.99. The predicted octanol–water partition coefficient (Wildman–Crippen LogP) is 5.09. The molecule has 1 aliphatic carbocycles. The van der Waals surface area contributed by atoms with Gasteiger partial charge in [0.25, 0.3) is 0 Å². The van der Waals surface area contributed by atoms with Crippen molar-refractivity contribution in [2.45, 2.75) is 69.6 Å². The van der Waals surface area contributed by atoms with Crippen LogP contribution in [-0.4, -0.2) is 77.7 Å². The van der Waals surface area contributed by atoms with Gasteiger partial charge < -0.3 is 19.3 Å². The molecule has 44 heavy (non-hydrogen) atoms. The molecule has 1 spiro atoms. The van der Waals surface area contributed by atoms with Crippen LogP contribution in [0.25, 0.3) is 0 Å². The zero-order chi connectivity index (χ0) is 30.5. The Morgan fingerprint density at radius 1 is 0.909 bits per heavy atom. The number of carbonyl (C=O) groups excluding carboxylic acids is 2. The van der Waals surface area contributed by atoms with E-state index in [-0.39, 0.29) is 29.6 Å². The second kappa shape index (κ2) is 13.3. The fraction of sp³-hybridized carbons (Fsp3) is 0.543. The molecule has 0 aromatic heterocycles. The number of rotatable bonds is 7. The topological polar surface area (TPSA) is 110 Å². The number of piperidine rings is 2. The van der Waals surface area contributed by atoms with E-state index in [2.05, 4.69) is 17.0 Å². The number of nitriles is 2. The van der Waals surface area contributed by atoms with Crippen molar-refractivity contribution in [2.24, 2.45) is 11.8 Å². The van der Waals surface area contributed by atoms with E-state index in [9.17, 15) is 9.59 Å². The zero-order valence-corrected chi connectivity index (χ0v) is 25.3. The van der Waals surface area contributed by atoms with Crippen molar-refractivity contribution in [3.63, 3.8) is 0 Å². The summed E-state index contributed by atoms with van der Waals surface area (Å²) in [4.78, 5) is 32.5. The molecule has 2 aromatic carbocycles. The highest BCUT2D eigenvalue weighted by Crippen LogP contribution is 2.37. The van der Waals surface area contributed by atoms with Gasteiger partial charge in [0, 0.05) is 70.9 Å². The van der Waals surface area contributed by atoms with Crippen molar-refractivity contribution >= 4 is 12.0 Å². The minimum atomic E-state index is -0.389. The Balaban J connectivity index is 0.909. The first-order valence-corrected chi connectivity index (χ1v) is 16.1. The number of carbonyl (C=O) groups is 2. The van der Waals surface area contributed by atoms with Gasteiger partial charge in [-0.3, -0.25) is 9.69 Å². The molecule has 0 atom stereocenters. The molecule has 0 radical (unpaired) electrons. The van der Waals surface area contributed by atoms with Crippen molar-refractivity contribution in [1.29, 1.82) is 10.5 Å². The van der Waals surface area contributed by atoms with Crippen LogP contribution in [0.4, 0.5) is 4.79 Å². The molecule has 4 aliphatic rings. The molecular formula is C35H41N5O4. The number of hydrogen-bond acceptors (Lipinski definition) is 7. The molecule has 0 unspecified atom stereocenters. The highest BCUT2D eigenvalue weighted by molar-refractivity contribution is 5.79. The van der Waals surface area contributed by atoms with Crippen LogP contribution in [0.2, 0.25) is 0 Å². The third-order valence-electron chi connectivity index (χ3n) is 9.99. The molecule has 1 saturated carbocycles. The van der Waals surface area contributed by atoms with Crippen LogP contribution in [0, 0.1) is 34.5 Å². The van der Waals surface area contributed by atoms with Gasteiger partial charge in [-0.05, 0) is 67.5 Å². The number of hydrogen-bond donors (Lipinski definition) is 0. The summed E-state index contributed by atoms with van der Waals surface area (Å²) in [6.45, 7) is 5.38. The average Bonchev–Trinajstić information content (AvgIpc) is 3.36. The van der Waals surface area contributed by atoms with Gasteiger partial charge in [0.1, 0.15) is 17.5 Å². The minimum Gasteiger partial charge on any atom is -0.490 e. The summed E-state index contributed by atoms with van der Waals surface area (Å²) in [6.07, 6.45) is 6.80. The third kappa shape index (κ3) is 7.00. The van der Waals surface area contributed by atoms with E-state index in [1.165, 1.54) is 5.56 Å². The van der Waals surface area contributed by atoms with Crippen molar-refractivity contribution in [3.05, 3.63) is 65.2 Å². The number of amides is 2. The van der Waals surface area contributed by atoms with Crippen molar-refractivity contribution in [1.82, 2.24) is 14.7 Å². The van der Waals surface area contributed by atoms with Gasteiger partial charge in [-0.25, -0.2) is 4.79 Å². The SMILES string of the molecule is N#Cc1ccc(CN2CCC3(CC2)CN(CC2CCC(C(=O)N4CCC(Oc5cccc(C#N)c5)CC4)CC2)C(=O)O3)cc1. The van der Waals surface area contributed by atoms with E-state index < -0.39 is 0 Å². The summed E-state index contributed by atoms with van der Waals surface area (Å²) >= 11 is 0. The Kier molecular flexibility index (Phi) is 9.04. The van der Waals surface area contributed by atoms with E-state index in [4.69, 9.17) is 20.0 Å². The van der Waals surface area contributed by atoms with Gasteiger partial charge in [0.15, 0.2) is 0 Å². The highest BCUT2D eigenvalue weighted by Gasteiger charge is 2.47. The quantitative estimate of drug-likeness (QED) is 0.438. The van der Waals surface area contributed by atoms with Crippen LogP contribution in [0.3, 0.4) is 0 Å². The number of likely N-dealkylation sites (tertiary alicyclic amines) is 2. The maximum absolute atomic E-state index is 13.3. The lowest BCUT2D eigenvalue weighted by Crippen LogP contribution is -2.47. The maximum atomic E-state index is 13.3. The van der Waals surface area contributed by atoms with Gasteiger partial charge >= 0.3 is 6.09 Å². The predicted molar refractivity (Wildman–Crippen MR) is 163 cm³/mol. The Hall–Kier alpha value is -4.08. The Morgan fingerprint density at radius 2 is 1.61 bits per heavy atom. The standard InChI is InChI=1S/C35H41N5O4/c36-21-26-4-6-27(7-5-26)23-38-18-14-35(15-19-38)25-40(34(42)44-35)24-28-8-10-30(11-9-28)33(41)39-16-12-31(13-17-39)43-32-3-1-2-29(20-32)22-37/h1-7,20,28,30-31H,8-19,23-25H2. The smallest absolute Gasteiger partial charge is 0.410 e. The summed E-state index contributed by atoms with van der Waals surface area (Å²) in [6, 6.07) is 19.3. The number of ether oxygens (including phenoxy) is 2. The molecule has 6 rings (SSSR count).